The highest BCUT2D eigenvalue weighted by molar-refractivity contribution is 5.97. The number of nitrogens with zero attached hydrogens (tertiary/aromatic N) is 1. The van der Waals surface area contributed by atoms with Gasteiger partial charge in [0.25, 0.3) is 5.91 Å². The maximum atomic E-state index is 12.9. The number of nitrogens with one attached hydrogen (secondary N) is 1. The van der Waals surface area contributed by atoms with Crippen LogP contribution in [0.4, 0.5) is 0 Å². The molecule has 1 aromatic carbocycles. The van der Waals surface area contributed by atoms with Gasteiger partial charge in [0.05, 0.1) is 6.54 Å². The van der Waals surface area contributed by atoms with Crippen LogP contribution in [0.15, 0.2) is 30.7 Å². The van der Waals surface area contributed by atoms with Gasteiger partial charge in [0.1, 0.15) is 5.60 Å². The van der Waals surface area contributed by atoms with Crippen molar-refractivity contribution in [1.29, 1.82) is 0 Å². The number of ketones is 1. The molecule has 1 aromatic rings. The van der Waals surface area contributed by atoms with Gasteiger partial charge in [-0.25, -0.2) is 0 Å². The zero-order valence-corrected chi connectivity index (χ0v) is 21.6. The molecule has 0 aromatic heterocycles. The average molecular weight is 455 g/mol. The number of benzene rings is 1. The summed E-state index contributed by atoms with van der Waals surface area (Å²) in [5, 5.41) is 2.87. The predicted molar refractivity (Wildman–Crippen MR) is 133 cm³/mol. The molecule has 0 atom stereocenters. The second-order valence-corrected chi connectivity index (χ2v) is 12.0. The van der Waals surface area contributed by atoms with E-state index in [2.05, 4.69) is 50.6 Å². The van der Waals surface area contributed by atoms with E-state index < -0.39 is 0 Å². The van der Waals surface area contributed by atoms with Crippen LogP contribution in [0.25, 0.3) is 0 Å². The summed E-state index contributed by atoms with van der Waals surface area (Å²) >= 11 is 0. The standard InChI is InChI=1S/C28H42N2O3/c1-19(33-26(2,3)4)30-15-11-20(12-16-30)24(31)18-29-25(32)21-9-10-22-23(17-21)28(7,8)14-13-27(22,5)6/h9-10,17,20H,1,11-16,18H2,2-8H3,(H,29,32). The number of amides is 1. The largest absolute Gasteiger partial charge is 0.474 e. The van der Waals surface area contributed by atoms with Crippen LogP contribution < -0.4 is 5.32 Å². The molecule has 1 heterocycles. The Morgan fingerprint density at radius 3 is 2.21 bits per heavy atom. The van der Waals surface area contributed by atoms with E-state index in [-0.39, 0.29) is 40.6 Å². The van der Waals surface area contributed by atoms with E-state index in [4.69, 9.17) is 4.74 Å². The molecular formula is C28H42N2O3. The first-order valence-corrected chi connectivity index (χ1v) is 12.3. The van der Waals surface area contributed by atoms with Gasteiger partial charge >= 0.3 is 0 Å². The van der Waals surface area contributed by atoms with Crippen molar-refractivity contribution >= 4 is 11.7 Å². The summed E-state index contributed by atoms with van der Waals surface area (Å²) < 4.78 is 5.86. The van der Waals surface area contributed by atoms with E-state index in [1.54, 1.807) is 0 Å². The van der Waals surface area contributed by atoms with Crippen LogP contribution in [0.1, 0.15) is 95.6 Å². The second-order valence-electron chi connectivity index (χ2n) is 12.0. The number of likely N-dealkylation sites (tertiary alicyclic amines) is 1. The third kappa shape index (κ3) is 5.99. The monoisotopic (exact) mass is 454 g/mol. The Bertz CT molecular complexity index is 916. The molecule has 1 amide bonds. The number of Topliss-reactive ketones (excluding diaryl/α,β-unsaturated/α-hetero) is 1. The molecule has 0 unspecified atom stereocenters. The lowest BCUT2D eigenvalue weighted by Crippen LogP contribution is -2.41. The van der Waals surface area contributed by atoms with Crippen LogP contribution in [-0.4, -0.2) is 41.8 Å². The molecule has 1 N–H and O–H groups in total. The zero-order chi connectivity index (χ0) is 24.6. The van der Waals surface area contributed by atoms with Gasteiger partial charge in [-0.05, 0) is 87.1 Å². The molecule has 33 heavy (non-hydrogen) atoms. The van der Waals surface area contributed by atoms with Crippen molar-refractivity contribution in [2.24, 2.45) is 5.92 Å². The molecule has 5 nitrogen and oxygen atoms in total. The number of hydrogen-bond donors (Lipinski definition) is 1. The van der Waals surface area contributed by atoms with E-state index in [1.165, 1.54) is 11.1 Å². The van der Waals surface area contributed by atoms with Crippen molar-refractivity contribution in [3.8, 4) is 0 Å². The highest BCUT2D eigenvalue weighted by atomic mass is 16.5. The normalized spacial score (nSPS) is 20.0. The fourth-order valence-corrected chi connectivity index (χ4v) is 5.01. The fraction of sp³-hybridized carbons (Fsp3) is 0.643. The van der Waals surface area contributed by atoms with Gasteiger partial charge in [-0.15, -0.1) is 0 Å². The van der Waals surface area contributed by atoms with E-state index >= 15 is 0 Å². The molecule has 0 radical (unpaired) electrons. The van der Waals surface area contributed by atoms with Crippen LogP contribution in [0.3, 0.4) is 0 Å². The third-order valence-corrected chi connectivity index (χ3v) is 7.27. The number of carbonyl (C=O) groups is 2. The lowest BCUT2D eigenvalue weighted by molar-refractivity contribution is -0.123. The van der Waals surface area contributed by atoms with Gasteiger partial charge < -0.3 is 15.0 Å². The molecule has 1 aliphatic heterocycles. The summed E-state index contributed by atoms with van der Waals surface area (Å²) in [5.74, 6) is 0.562. The zero-order valence-electron chi connectivity index (χ0n) is 21.6. The number of piperidine rings is 1. The minimum absolute atomic E-state index is 0.0350. The predicted octanol–water partition coefficient (Wildman–Crippen LogP) is 5.33. The Morgan fingerprint density at radius 2 is 1.64 bits per heavy atom. The van der Waals surface area contributed by atoms with Crippen LogP contribution in [0, 0.1) is 5.92 Å². The molecule has 1 fully saturated rings. The molecule has 3 rings (SSSR count). The van der Waals surface area contributed by atoms with Gasteiger partial charge in [0, 0.05) is 24.6 Å². The second kappa shape index (κ2) is 9.15. The van der Waals surface area contributed by atoms with E-state index in [9.17, 15) is 9.59 Å². The number of rotatable bonds is 6. The Hall–Kier alpha value is -2.30. The number of carbonyl (C=O) groups excluding carboxylic acids is 2. The minimum atomic E-state index is -0.282. The van der Waals surface area contributed by atoms with Crippen LogP contribution >= 0.6 is 0 Å². The Morgan fingerprint density at radius 1 is 1.06 bits per heavy atom. The first-order chi connectivity index (χ1) is 15.2. The summed E-state index contributed by atoms with van der Waals surface area (Å²) in [6, 6.07) is 6.05. The Labute approximate surface area is 200 Å². The van der Waals surface area contributed by atoms with Crippen molar-refractivity contribution in [2.45, 2.75) is 90.6 Å². The maximum absolute atomic E-state index is 12.9. The summed E-state index contributed by atoms with van der Waals surface area (Å²) in [7, 11) is 0. The molecule has 182 valence electrons. The summed E-state index contributed by atoms with van der Waals surface area (Å²) in [6.45, 7) is 20.7. The average Bonchev–Trinajstić information content (AvgIpc) is 2.73. The molecule has 0 bridgehead atoms. The van der Waals surface area contributed by atoms with E-state index in [1.807, 2.05) is 32.9 Å². The summed E-state index contributed by atoms with van der Waals surface area (Å²) in [5.41, 5.74) is 3.10. The quantitative estimate of drug-likeness (QED) is 0.590. The molecule has 0 spiro atoms. The van der Waals surface area contributed by atoms with Crippen molar-refractivity contribution in [3.63, 3.8) is 0 Å². The maximum Gasteiger partial charge on any atom is 0.251 e. The van der Waals surface area contributed by atoms with Gasteiger partial charge in [-0.2, -0.15) is 0 Å². The number of fused-ring (bicyclic) bond motifs is 1. The van der Waals surface area contributed by atoms with Gasteiger partial charge in [-0.3, -0.25) is 9.59 Å². The molecule has 1 saturated heterocycles. The fourth-order valence-electron chi connectivity index (χ4n) is 5.01. The minimum Gasteiger partial charge on any atom is -0.474 e. The van der Waals surface area contributed by atoms with Gasteiger partial charge in [0.2, 0.25) is 0 Å². The van der Waals surface area contributed by atoms with Crippen molar-refractivity contribution < 1.29 is 14.3 Å². The van der Waals surface area contributed by atoms with Crippen molar-refractivity contribution in [2.75, 3.05) is 19.6 Å². The SMILES string of the molecule is C=C(OC(C)(C)C)N1CCC(C(=O)CNC(=O)c2ccc3c(c2)C(C)(C)CCC3(C)C)CC1. The first kappa shape index (κ1) is 25.3. The highest BCUT2D eigenvalue weighted by Gasteiger charge is 2.37. The summed E-state index contributed by atoms with van der Waals surface area (Å²) in [6.07, 6.45) is 3.75. The molecule has 5 heteroatoms. The lowest BCUT2D eigenvalue weighted by Gasteiger charge is -2.42. The van der Waals surface area contributed by atoms with Crippen LogP contribution in [0.2, 0.25) is 0 Å². The van der Waals surface area contributed by atoms with Gasteiger partial charge in [-0.1, -0.05) is 33.8 Å². The molecular weight excluding hydrogens is 412 g/mol. The highest BCUT2D eigenvalue weighted by Crippen LogP contribution is 2.45. The first-order valence-electron chi connectivity index (χ1n) is 12.3. The summed E-state index contributed by atoms with van der Waals surface area (Å²) in [4.78, 5) is 27.7. The molecule has 1 aliphatic carbocycles. The molecule has 2 aliphatic rings. The van der Waals surface area contributed by atoms with Crippen LogP contribution in [-0.2, 0) is 20.4 Å². The van der Waals surface area contributed by atoms with E-state index in [0.717, 1.165) is 38.8 Å². The van der Waals surface area contributed by atoms with Crippen LogP contribution in [0.5, 0.6) is 0 Å². The third-order valence-electron chi connectivity index (χ3n) is 7.27. The Balaban J connectivity index is 1.55. The van der Waals surface area contributed by atoms with Crippen molar-refractivity contribution in [3.05, 3.63) is 47.4 Å². The smallest absolute Gasteiger partial charge is 0.251 e. The van der Waals surface area contributed by atoms with E-state index in [0.29, 0.717) is 11.4 Å². The number of ether oxygens (including phenoxy) is 1. The Kier molecular flexibility index (Phi) is 7.02. The lowest BCUT2D eigenvalue weighted by atomic mass is 9.63. The van der Waals surface area contributed by atoms with Gasteiger partial charge in [0.15, 0.2) is 11.7 Å². The molecule has 0 saturated carbocycles. The number of hydrogen-bond acceptors (Lipinski definition) is 4. The van der Waals surface area contributed by atoms with Crippen molar-refractivity contribution in [1.82, 2.24) is 10.2 Å². The topological polar surface area (TPSA) is 58.6 Å².